The highest BCUT2D eigenvalue weighted by Gasteiger charge is 2.50. The zero-order valence-corrected chi connectivity index (χ0v) is 47.1. The van der Waals surface area contributed by atoms with Gasteiger partial charge in [0.25, 0.3) is 11.5 Å². The van der Waals surface area contributed by atoms with Crippen LogP contribution in [-0.4, -0.2) is 183 Å². The molecule has 17 atom stereocenters. The van der Waals surface area contributed by atoms with E-state index < -0.39 is 120 Å². The van der Waals surface area contributed by atoms with Gasteiger partial charge in [0, 0.05) is 90.5 Å². The molecular weight excluding hydrogens is 991 g/mol. The number of amides is 2. The predicted molar refractivity (Wildman–Crippen MR) is 276 cm³/mol. The van der Waals surface area contributed by atoms with E-state index in [1.807, 2.05) is 41.5 Å². The number of carbonyl (C=O) groups excluding carboxylic acids is 5. The molecule has 0 aromatic carbocycles. The third kappa shape index (κ3) is 17.2. The number of aliphatic hydroxyl groups is 1. The molecule has 1 aromatic heterocycles. The second-order valence-electron chi connectivity index (χ2n) is 22.4. The Kier molecular flexibility index (Phi) is 24.1. The fraction of sp³-hybridized carbons (Fsp3) is 0.833. The van der Waals surface area contributed by atoms with Crippen molar-refractivity contribution in [3.8, 4) is 0 Å². The van der Waals surface area contributed by atoms with Crippen LogP contribution in [0.2, 0.25) is 0 Å². The van der Waals surface area contributed by atoms with Gasteiger partial charge < -0.3 is 68.1 Å². The summed E-state index contributed by atoms with van der Waals surface area (Å²) in [4.78, 5) is 90.7. The fourth-order valence-electron chi connectivity index (χ4n) is 11.4. The van der Waals surface area contributed by atoms with Crippen LogP contribution in [0.15, 0.2) is 17.2 Å². The number of nitrogens with one attached hydrogen (secondary N) is 3. The van der Waals surface area contributed by atoms with E-state index in [1.54, 1.807) is 34.6 Å². The molecule has 4 aliphatic heterocycles. The number of hydrogen-bond donors (Lipinski definition) is 4. The molecule has 0 radical (unpaired) electrons. The van der Waals surface area contributed by atoms with Crippen molar-refractivity contribution in [3.63, 3.8) is 0 Å². The SMILES string of the molecule is CO[C@@H]1[C@H](O)[C@@H](C)O[C@@H](OC[C@H](C)C2OC(=O)[C@H](C)[C@@H](O[C@H]3CCN(C4CCOCC4)C[C@H](C)O3)[C@H](C)C[C@@H](C)C[C@](C)(OC(=O)NCCNC(=O)c3c[nH]c(=O)cn3)C(=O)[C@H](C)[C@H](OC(=O)CC(C)C)[C@H]2C)[C@@H]1OC. The average Bonchev–Trinajstić information content (AvgIpc) is 3.57. The van der Waals surface area contributed by atoms with Crippen LogP contribution >= 0.6 is 0 Å². The highest BCUT2D eigenvalue weighted by atomic mass is 16.7. The minimum Gasteiger partial charge on any atom is -0.461 e. The quantitative estimate of drug-likeness (QED) is 0.0968. The fourth-order valence-corrected chi connectivity index (χ4v) is 11.4. The minimum atomic E-state index is -1.80. The Hall–Kier alpha value is -4.13. The van der Waals surface area contributed by atoms with Gasteiger partial charge in [0.15, 0.2) is 24.0 Å². The molecule has 4 aliphatic rings. The number of aromatic amines is 1. The summed E-state index contributed by atoms with van der Waals surface area (Å²) in [6, 6.07) is 0.359. The Labute approximate surface area is 448 Å². The lowest BCUT2D eigenvalue weighted by Crippen LogP contribution is -2.59. The van der Waals surface area contributed by atoms with Crippen molar-refractivity contribution in [2.45, 2.75) is 188 Å². The van der Waals surface area contributed by atoms with Crippen LogP contribution in [0.25, 0.3) is 0 Å². The van der Waals surface area contributed by atoms with Gasteiger partial charge in [-0.15, -0.1) is 0 Å². The van der Waals surface area contributed by atoms with Crippen LogP contribution in [0.3, 0.4) is 0 Å². The number of rotatable bonds is 17. The minimum absolute atomic E-state index is 0.0278. The van der Waals surface area contributed by atoms with Crippen LogP contribution in [0.4, 0.5) is 4.79 Å². The van der Waals surface area contributed by atoms with E-state index in [0.717, 1.165) is 25.6 Å². The van der Waals surface area contributed by atoms with Gasteiger partial charge >= 0.3 is 18.0 Å². The number of aliphatic hydroxyl groups excluding tert-OH is 1. The number of nitrogens with zero attached hydrogens (tertiary/aromatic N) is 2. The van der Waals surface area contributed by atoms with Gasteiger partial charge in [-0.1, -0.05) is 48.5 Å². The molecule has 0 saturated carbocycles. The van der Waals surface area contributed by atoms with Crippen molar-refractivity contribution in [1.82, 2.24) is 25.5 Å². The number of ether oxygens (including phenoxy) is 10. The Balaban J connectivity index is 1.50. The molecule has 0 bridgehead atoms. The van der Waals surface area contributed by atoms with Gasteiger partial charge in [0.05, 0.1) is 43.0 Å². The van der Waals surface area contributed by atoms with Gasteiger partial charge in [-0.05, 0) is 71.1 Å². The Bertz CT molecular complexity index is 2070. The predicted octanol–water partition coefficient (Wildman–Crippen LogP) is 4.19. The molecule has 22 heteroatoms. The van der Waals surface area contributed by atoms with E-state index in [-0.39, 0.29) is 62.1 Å². The molecule has 76 heavy (non-hydrogen) atoms. The van der Waals surface area contributed by atoms with Crippen LogP contribution in [0, 0.1) is 41.4 Å². The molecular formula is C54H89N5O17. The molecule has 4 fully saturated rings. The molecule has 4 N–H and O–H groups in total. The van der Waals surface area contributed by atoms with Gasteiger partial charge in [0.2, 0.25) is 0 Å². The van der Waals surface area contributed by atoms with Crippen molar-refractivity contribution >= 4 is 29.7 Å². The highest BCUT2D eigenvalue weighted by Crippen LogP contribution is 2.38. The second-order valence-corrected chi connectivity index (χ2v) is 22.4. The number of cyclic esters (lactones) is 1. The van der Waals surface area contributed by atoms with Crippen LogP contribution in [0.1, 0.15) is 125 Å². The lowest BCUT2D eigenvalue weighted by atomic mass is 9.75. The summed E-state index contributed by atoms with van der Waals surface area (Å²) in [6.07, 6.45) is -4.07. The van der Waals surface area contributed by atoms with Crippen LogP contribution < -0.4 is 16.2 Å². The van der Waals surface area contributed by atoms with Gasteiger partial charge in [-0.25, -0.2) is 9.78 Å². The first-order valence-corrected chi connectivity index (χ1v) is 27.3. The smallest absolute Gasteiger partial charge is 0.408 e. The van der Waals surface area contributed by atoms with Gasteiger partial charge in [-0.2, -0.15) is 0 Å². The maximum absolute atomic E-state index is 15.4. The van der Waals surface area contributed by atoms with Gasteiger partial charge in [0.1, 0.15) is 36.2 Å². The number of hydrogen-bond acceptors (Lipinski definition) is 19. The molecule has 22 nitrogen and oxygen atoms in total. The van der Waals surface area contributed by atoms with E-state index in [2.05, 4.69) is 25.5 Å². The largest absolute Gasteiger partial charge is 0.461 e. The lowest BCUT2D eigenvalue weighted by molar-refractivity contribution is -0.305. The number of H-pyrrole nitrogens is 1. The number of carbonyl (C=O) groups is 5. The number of aromatic nitrogens is 2. The molecule has 0 spiro atoms. The Morgan fingerprint density at radius 1 is 0.908 bits per heavy atom. The third-order valence-corrected chi connectivity index (χ3v) is 15.3. The topological polar surface area (TPSA) is 271 Å². The van der Waals surface area contributed by atoms with E-state index in [1.165, 1.54) is 20.4 Å². The second kappa shape index (κ2) is 29.2. The molecule has 2 amide bonds. The monoisotopic (exact) mass is 1080 g/mol. The Morgan fingerprint density at radius 2 is 1.59 bits per heavy atom. The van der Waals surface area contributed by atoms with Gasteiger partial charge in [-0.3, -0.25) is 28.9 Å². The van der Waals surface area contributed by atoms with Crippen molar-refractivity contribution in [2.75, 3.05) is 60.2 Å². The normalized spacial score (nSPS) is 35.3. The van der Waals surface area contributed by atoms with Crippen molar-refractivity contribution in [2.24, 2.45) is 41.4 Å². The maximum Gasteiger partial charge on any atom is 0.408 e. The van der Waals surface area contributed by atoms with E-state index in [4.69, 9.17) is 47.4 Å². The summed E-state index contributed by atoms with van der Waals surface area (Å²) in [6.45, 7) is 22.5. The molecule has 5 heterocycles. The number of Topliss-reactive ketones (excluding diaryl/α,β-unsaturated/α-hetero) is 1. The first kappa shape index (κ1) is 62.7. The number of esters is 2. The summed E-state index contributed by atoms with van der Waals surface area (Å²) in [7, 11) is 2.92. The number of methoxy groups -OCH3 is 2. The van der Waals surface area contributed by atoms with E-state index >= 15 is 4.79 Å². The summed E-state index contributed by atoms with van der Waals surface area (Å²) >= 11 is 0. The average molecular weight is 1080 g/mol. The standard InChI is InChI=1S/C54H89N5O17/c1-29(2)22-41(61)73-46-34(7)45(32(5)28-70-52-48(68-13)47(67-12)43(62)37(10)72-52)75-51(65)36(9)44(74-42-14-19-59(27-33(6)71-42)38-15-20-69-21-16-38)31(4)23-30(3)24-54(11,49(63)35(46)8)76-53(66)56-18-17-55-50(64)39-25-58-40(60)26-57-39/h25-26,29-38,42-48,52,62H,14-24,27-28H2,1-13H3,(H,55,64)(H,56,66)(H,58,60)/t30-,31-,32+,33+,34+,35-,36-,37-,42+,43-,44+,45?,46-,47-,48-,52-,54+/m1/s1. The van der Waals surface area contributed by atoms with Crippen molar-refractivity contribution < 1.29 is 76.4 Å². The van der Waals surface area contributed by atoms with Crippen molar-refractivity contribution in [1.29, 1.82) is 0 Å². The Morgan fingerprint density at radius 3 is 2.24 bits per heavy atom. The molecule has 0 aliphatic carbocycles. The molecule has 1 unspecified atom stereocenters. The van der Waals surface area contributed by atoms with E-state index in [9.17, 15) is 29.1 Å². The van der Waals surface area contributed by atoms with Crippen molar-refractivity contribution in [3.05, 3.63) is 28.4 Å². The maximum atomic E-state index is 15.4. The van der Waals surface area contributed by atoms with Crippen LogP contribution in [-0.2, 0) is 61.8 Å². The zero-order valence-electron chi connectivity index (χ0n) is 47.1. The summed E-state index contributed by atoms with van der Waals surface area (Å²) in [5, 5.41) is 16.1. The number of alkyl carbamates (subject to hydrolysis) is 1. The number of ketones is 1. The van der Waals surface area contributed by atoms with Crippen LogP contribution in [0.5, 0.6) is 0 Å². The summed E-state index contributed by atoms with van der Waals surface area (Å²) in [5.41, 5.74) is -2.30. The molecule has 432 valence electrons. The molecule has 1 aromatic rings. The van der Waals surface area contributed by atoms with E-state index in [0.29, 0.717) is 38.6 Å². The molecule has 5 rings (SSSR count). The summed E-state index contributed by atoms with van der Waals surface area (Å²) in [5.74, 6) is -6.52. The highest BCUT2D eigenvalue weighted by molar-refractivity contribution is 5.92. The first-order valence-electron chi connectivity index (χ1n) is 27.3. The third-order valence-electron chi connectivity index (χ3n) is 15.3. The zero-order chi connectivity index (χ0) is 56.0. The summed E-state index contributed by atoms with van der Waals surface area (Å²) < 4.78 is 62.1. The molecule has 4 saturated heterocycles. The first-order chi connectivity index (χ1) is 36.0. The lowest BCUT2D eigenvalue weighted by Gasteiger charge is -2.43.